The van der Waals surface area contributed by atoms with Crippen molar-refractivity contribution in [2.24, 2.45) is 4.99 Å². The van der Waals surface area contributed by atoms with Gasteiger partial charge < -0.3 is 14.6 Å². The minimum absolute atomic E-state index is 0.371. The smallest absolute Gasteiger partial charge is 0.224 e. The second-order valence-corrected chi connectivity index (χ2v) is 8.58. The first-order valence-electron chi connectivity index (χ1n) is 10.3. The van der Waals surface area contributed by atoms with Gasteiger partial charge in [0.25, 0.3) is 0 Å². The van der Waals surface area contributed by atoms with Crippen molar-refractivity contribution < 1.29 is 14.6 Å². The van der Waals surface area contributed by atoms with Gasteiger partial charge in [-0.15, -0.1) is 0 Å². The summed E-state index contributed by atoms with van der Waals surface area (Å²) < 4.78 is 12.8. The van der Waals surface area contributed by atoms with Crippen LogP contribution in [0.15, 0.2) is 96.0 Å². The Hall–Kier alpha value is -2.95. The van der Waals surface area contributed by atoms with E-state index >= 15 is 0 Å². The number of nitrogens with zero attached hydrogens (tertiary/aromatic N) is 1. The summed E-state index contributed by atoms with van der Waals surface area (Å²) in [6.45, 7) is 4.50. The van der Waals surface area contributed by atoms with E-state index in [4.69, 9.17) is 14.5 Å². The van der Waals surface area contributed by atoms with Crippen LogP contribution < -0.4 is 0 Å². The molecular formula is C26H25NO3. The van der Waals surface area contributed by atoms with E-state index in [9.17, 15) is 5.11 Å². The molecule has 0 unspecified atom stereocenters. The van der Waals surface area contributed by atoms with E-state index in [1.807, 2.05) is 105 Å². The number of hydrogen-bond acceptors (Lipinski definition) is 4. The SMILES string of the molecule is CC1(C)COC([C@@]2([C@H](O)c3ccccc3)OC2(c2ccccc2)c2ccccc2)=N1. The van der Waals surface area contributed by atoms with Crippen molar-refractivity contribution in [2.75, 3.05) is 6.61 Å². The molecule has 2 aliphatic heterocycles. The lowest BCUT2D eigenvalue weighted by Gasteiger charge is -2.25. The minimum Gasteiger partial charge on any atom is -0.476 e. The highest BCUT2D eigenvalue weighted by atomic mass is 16.7. The predicted octanol–water partition coefficient (Wildman–Crippen LogP) is 4.64. The summed E-state index contributed by atoms with van der Waals surface area (Å²) in [7, 11) is 0. The van der Waals surface area contributed by atoms with Crippen LogP contribution in [0.2, 0.25) is 0 Å². The van der Waals surface area contributed by atoms with Crippen LogP contribution in [0.1, 0.15) is 36.6 Å². The summed E-state index contributed by atoms with van der Waals surface area (Å²) in [4.78, 5) is 4.86. The Kier molecular flexibility index (Phi) is 4.31. The molecule has 1 N–H and O–H groups in total. The number of aliphatic hydroxyl groups excluding tert-OH is 1. The largest absolute Gasteiger partial charge is 0.476 e. The zero-order valence-electron chi connectivity index (χ0n) is 17.2. The molecule has 0 aliphatic carbocycles. The average molecular weight is 399 g/mol. The molecular weight excluding hydrogens is 374 g/mol. The molecule has 0 aromatic heterocycles. The molecule has 1 fully saturated rings. The number of aliphatic hydroxyl groups is 1. The second-order valence-electron chi connectivity index (χ2n) is 8.58. The van der Waals surface area contributed by atoms with E-state index in [1.54, 1.807) is 0 Å². The molecule has 0 bridgehead atoms. The second kappa shape index (κ2) is 6.79. The van der Waals surface area contributed by atoms with E-state index in [0.717, 1.165) is 16.7 Å². The molecule has 4 nitrogen and oxygen atoms in total. The van der Waals surface area contributed by atoms with E-state index in [-0.39, 0.29) is 5.54 Å². The van der Waals surface area contributed by atoms with Crippen LogP contribution in [0.4, 0.5) is 0 Å². The number of ether oxygens (including phenoxy) is 2. The molecule has 2 heterocycles. The van der Waals surface area contributed by atoms with Gasteiger partial charge in [0.1, 0.15) is 12.7 Å². The Balaban J connectivity index is 1.75. The van der Waals surface area contributed by atoms with Crippen molar-refractivity contribution >= 4 is 5.90 Å². The standard InChI is InChI=1S/C26H25NO3/c1-24(2)18-29-23(27-24)26(22(28)19-12-6-3-7-13-19)25(30-26,20-14-8-4-9-15-20)21-16-10-5-11-17-21/h3-17,22,28H,18H2,1-2H3/t22-,26-/m1/s1. The van der Waals surface area contributed by atoms with Gasteiger partial charge in [0.15, 0.2) is 5.60 Å². The van der Waals surface area contributed by atoms with Gasteiger partial charge in [-0.2, -0.15) is 0 Å². The third kappa shape index (κ3) is 2.72. The van der Waals surface area contributed by atoms with Gasteiger partial charge in [-0.3, -0.25) is 0 Å². The monoisotopic (exact) mass is 399 g/mol. The number of benzene rings is 3. The van der Waals surface area contributed by atoms with Crippen molar-refractivity contribution in [3.63, 3.8) is 0 Å². The molecule has 3 aromatic rings. The zero-order chi connectivity index (χ0) is 20.8. The maximum atomic E-state index is 11.7. The van der Waals surface area contributed by atoms with Crippen LogP contribution >= 0.6 is 0 Å². The van der Waals surface area contributed by atoms with E-state index in [2.05, 4.69) is 0 Å². The van der Waals surface area contributed by atoms with Crippen molar-refractivity contribution in [3.8, 4) is 0 Å². The molecule has 1 saturated heterocycles. The van der Waals surface area contributed by atoms with E-state index in [1.165, 1.54) is 0 Å². The fourth-order valence-electron chi connectivity index (χ4n) is 4.48. The molecule has 0 spiro atoms. The molecule has 4 heteroatoms. The van der Waals surface area contributed by atoms with Crippen molar-refractivity contribution in [1.29, 1.82) is 0 Å². The number of rotatable bonds is 5. The highest BCUT2D eigenvalue weighted by Gasteiger charge is 2.80. The van der Waals surface area contributed by atoms with Gasteiger partial charge in [0.2, 0.25) is 11.5 Å². The molecule has 3 aromatic carbocycles. The fraction of sp³-hybridized carbons (Fsp3) is 0.269. The minimum atomic E-state index is -1.15. The number of aliphatic imine (C=N–C) groups is 1. The summed E-state index contributed by atoms with van der Waals surface area (Å²) in [5.41, 5.74) is 0.269. The Morgan fingerprint density at radius 2 is 1.30 bits per heavy atom. The highest BCUT2D eigenvalue weighted by Crippen LogP contribution is 2.66. The summed E-state index contributed by atoms with van der Waals surface area (Å²) in [5.74, 6) is 0.455. The summed E-state index contributed by atoms with van der Waals surface area (Å²) >= 11 is 0. The number of epoxide rings is 1. The van der Waals surface area contributed by atoms with Crippen LogP contribution in [-0.4, -0.2) is 28.8 Å². The van der Waals surface area contributed by atoms with Crippen LogP contribution in [0.3, 0.4) is 0 Å². The maximum absolute atomic E-state index is 11.7. The van der Waals surface area contributed by atoms with E-state index in [0.29, 0.717) is 12.5 Å². The molecule has 2 atom stereocenters. The summed E-state index contributed by atoms with van der Waals surface area (Å²) in [6, 6.07) is 29.7. The van der Waals surface area contributed by atoms with Crippen LogP contribution in [-0.2, 0) is 15.1 Å². The normalized spacial score (nSPS) is 24.6. The fourth-order valence-corrected chi connectivity index (χ4v) is 4.48. The molecule has 152 valence electrons. The Morgan fingerprint density at radius 3 is 1.77 bits per heavy atom. The quantitative estimate of drug-likeness (QED) is 0.636. The van der Waals surface area contributed by atoms with Gasteiger partial charge >= 0.3 is 0 Å². The average Bonchev–Trinajstić information content (AvgIpc) is 3.38. The first-order chi connectivity index (χ1) is 14.5. The van der Waals surface area contributed by atoms with Gasteiger partial charge in [-0.05, 0) is 30.5 Å². The summed E-state index contributed by atoms with van der Waals surface area (Å²) in [5, 5.41) is 11.7. The number of hydrogen-bond donors (Lipinski definition) is 1. The molecule has 0 radical (unpaired) electrons. The van der Waals surface area contributed by atoms with E-state index < -0.39 is 17.3 Å². The Morgan fingerprint density at radius 1 is 0.800 bits per heavy atom. The molecule has 5 rings (SSSR count). The van der Waals surface area contributed by atoms with Gasteiger partial charge in [0.05, 0.1) is 5.54 Å². The van der Waals surface area contributed by atoms with Gasteiger partial charge in [-0.1, -0.05) is 91.0 Å². The molecule has 0 saturated carbocycles. The van der Waals surface area contributed by atoms with Crippen LogP contribution in [0.25, 0.3) is 0 Å². The third-order valence-electron chi connectivity index (χ3n) is 5.94. The van der Waals surface area contributed by atoms with Gasteiger partial charge in [-0.25, -0.2) is 4.99 Å². The van der Waals surface area contributed by atoms with Crippen LogP contribution in [0.5, 0.6) is 0 Å². The van der Waals surface area contributed by atoms with Crippen molar-refractivity contribution in [3.05, 3.63) is 108 Å². The van der Waals surface area contributed by atoms with Crippen molar-refractivity contribution in [2.45, 2.75) is 36.7 Å². The Bertz CT molecular complexity index is 1020. The lowest BCUT2D eigenvalue weighted by atomic mass is 9.76. The first kappa shape index (κ1) is 19.0. The molecule has 2 aliphatic rings. The maximum Gasteiger partial charge on any atom is 0.224 e. The van der Waals surface area contributed by atoms with Crippen LogP contribution in [0, 0.1) is 0 Å². The van der Waals surface area contributed by atoms with Crippen molar-refractivity contribution in [1.82, 2.24) is 0 Å². The topological polar surface area (TPSA) is 54.4 Å². The molecule has 30 heavy (non-hydrogen) atoms. The predicted molar refractivity (Wildman–Crippen MR) is 116 cm³/mol. The third-order valence-corrected chi connectivity index (χ3v) is 5.94. The lowest BCUT2D eigenvalue weighted by Crippen LogP contribution is -2.40. The Labute approximate surface area is 176 Å². The lowest BCUT2D eigenvalue weighted by molar-refractivity contribution is 0.0959. The van der Waals surface area contributed by atoms with Gasteiger partial charge in [0, 0.05) is 0 Å². The molecule has 0 amide bonds. The highest BCUT2D eigenvalue weighted by molar-refractivity contribution is 5.94. The summed E-state index contributed by atoms with van der Waals surface area (Å²) in [6.07, 6.45) is -0.952. The zero-order valence-corrected chi connectivity index (χ0v) is 17.2. The first-order valence-corrected chi connectivity index (χ1v) is 10.3.